The normalized spacial score (nSPS) is 11.7. The fourth-order valence-corrected chi connectivity index (χ4v) is 4.15. The first kappa shape index (κ1) is 23.8. The highest BCUT2D eigenvalue weighted by molar-refractivity contribution is 7.98. The number of fused-ring (bicyclic) bond motifs is 1. The van der Waals surface area contributed by atoms with Crippen molar-refractivity contribution >= 4 is 46.3 Å². The Labute approximate surface area is 203 Å². The lowest BCUT2D eigenvalue weighted by Crippen LogP contribution is -2.30. The van der Waals surface area contributed by atoms with Crippen LogP contribution in [-0.4, -0.2) is 38.8 Å². The van der Waals surface area contributed by atoms with Crippen LogP contribution >= 0.6 is 11.8 Å². The molecule has 35 heavy (non-hydrogen) atoms. The third-order valence-electron chi connectivity index (χ3n) is 5.04. The average molecular weight is 492 g/mol. The van der Waals surface area contributed by atoms with Crippen molar-refractivity contribution < 1.29 is 19.1 Å². The number of hydrogen-bond donors (Lipinski definition) is 4. The van der Waals surface area contributed by atoms with Crippen LogP contribution in [-0.2, 0) is 15.3 Å². The summed E-state index contributed by atoms with van der Waals surface area (Å²) in [5.41, 5.74) is 8.07. The average Bonchev–Trinajstić information content (AvgIpc) is 3.22. The van der Waals surface area contributed by atoms with Crippen molar-refractivity contribution in [1.29, 1.82) is 0 Å². The molecule has 4 aromatic rings. The molecule has 2 heterocycles. The van der Waals surface area contributed by atoms with Gasteiger partial charge in [0.2, 0.25) is 5.91 Å². The summed E-state index contributed by atoms with van der Waals surface area (Å²) in [6.45, 7) is 1.47. The molecule has 0 saturated heterocycles. The van der Waals surface area contributed by atoms with Crippen LogP contribution in [0.1, 0.15) is 33.2 Å². The number of nitrogens with two attached hydrogens (primary N) is 1. The number of thioether (sulfide) groups is 1. The summed E-state index contributed by atoms with van der Waals surface area (Å²) in [6.07, 6.45) is 0.482. The molecule has 11 heteroatoms. The van der Waals surface area contributed by atoms with Gasteiger partial charge in [-0.2, -0.15) is 0 Å². The van der Waals surface area contributed by atoms with E-state index in [1.807, 2.05) is 0 Å². The van der Waals surface area contributed by atoms with Crippen LogP contribution < -0.4 is 16.7 Å². The molecule has 0 bridgehead atoms. The van der Waals surface area contributed by atoms with E-state index in [2.05, 4.69) is 20.3 Å². The monoisotopic (exact) mass is 491 g/mol. The maximum atomic E-state index is 12.8. The standard InChI is InChI=1S/C24H21N5O5S/c1-13(21(31)27-16-8-9-18-19(11-16)29-24(33)28-18)34-23(32)17-3-2-10-26-22(17)35-12-14-4-6-15(7-5-14)20(25)30/h2-11,13H,12H2,1H3,(H2,25,30)(H,27,31)(H2,28,29,33). The number of hydrogen-bond acceptors (Lipinski definition) is 7. The summed E-state index contributed by atoms with van der Waals surface area (Å²) in [6, 6.07) is 14.9. The number of aromatic nitrogens is 3. The zero-order valence-corrected chi connectivity index (χ0v) is 19.3. The first-order valence-corrected chi connectivity index (χ1v) is 11.5. The Morgan fingerprint density at radius 3 is 2.57 bits per heavy atom. The Kier molecular flexibility index (Phi) is 6.97. The van der Waals surface area contributed by atoms with Crippen molar-refractivity contribution in [1.82, 2.24) is 15.0 Å². The molecule has 0 saturated carbocycles. The number of amides is 2. The lowest BCUT2D eigenvalue weighted by Gasteiger charge is -2.15. The van der Waals surface area contributed by atoms with Gasteiger partial charge in [-0.15, -0.1) is 11.8 Å². The van der Waals surface area contributed by atoms with Gasteiger partial charge in [-0.25, -0.2) is 14.6 Å². The molecule has 10 nitrogen and oxygen atoms in total. The van der Waals surface area contributed by atoms with Gasteiger partial charge in [0.25, 0.3) is 5.91 Å². The van der Waals surface area contributed by atoms with Crippen LogP contribution in [0.4, 0.5) is 5.69 Å². The molecule has 2 aromatic carbocycles. The predicted molar refractivity (Wildman–Crippen MR) is 131 cm³/mol. The van der Waals surface area contributed by atoms with Crippen LogP contribution in [0.25, 0.3) is 11.0 Å². The number of ether oxygens (including phenoxy) is 1. The zero-order chi connectivity index (χ0) is 24.9. The quantitative estimate of drug-likeness (QED) is 0.218. The van der Waals surface area contributed by atoms with Crippen molar-refractivity contribution in [2.75, 3.05) is 5.32 Å². The van der Waals surface area contributed by atoms with E-state index in [9.17, 15) is 19.2 Å². The number of imidazole rings is 1. The first-order valence-electron chi connectivity index (χ1n) is 10.5. The molecule has 0 aliphatic carbocycles. The van der Waals surface area contributed by atoms with Gasteiger partial charge in [-0.1, -0.05) is 12.1 Å². The van der Waals surface area contributed by atoms with Crippen molar-refractivity contribution in [2.24, 2.45) is 5.73 Å². The molecule has 178 valence electrons. The summed E-state index contributed by atoms with van der Waals surface area (Å²) in [4.78, 5) is 57.5. The van der Waals surface area contributed by atoms with Gasteiger partial charge in [0.05, 0.1) is 16.6 Å². The Hall–Kier alpha value is -4.38. The zero-order valence-electron chi connectivity index (χ0n) is 18.5. The van der Waals surface area contributed by atoms with Crippen LogP contribution in [0.2, 0.25) is 0 Å². The Bertz CT molecular complexity index is 1460. The van der Waals surface area contributed by atoms with E-state index in [1.165, 1.54) is 18.7 Å². The topological polar surface area (TPSA) is 160 Å². The largest absolute Gasteiger partial charge is 0.449 e. The number of anilines is 1. The summed E-state index contributed by atoms with van der Waals surface area (Å²) in [5.74, 6) is -1.21. The number of pyridine rings is 1. The maximum absolute atomic E-state index is 12.8. The fourth-order valence-electron chi connectivity index (χ4n) is 3.21. The minimum atomic E-state index is -1.08. The summed E-state index contributed by atoms with van der Waals surface area (Å²) in [5, 5.41) is 3.12. The second-order valence-corrected chi connectivity index (χ2v) is 8.55. The molecule has 0 fully saturated rings. The van der Waals surface area contributed by atoms with E-state index < -0.39 is 23.9 Å². The fraction of sp³-hybridized carbons (Fsp3) is 0.125. The number of carbonyl (C=O) groups excluding carboxylic acids is 3. The summed E-state index contributed by atoms with van der Waals surface area (Å²) < 4.78 is 5.38. The molecule has 0 radical (unpaired) electrons. The van der Waals surface area contributed by atoms with Crippen LogP contribution in [0, 0.1) is 0 Å². The van der Waals surface area contributed by atoms with Crippen molar-refractivity contribution in [3.05, 3.63) is 88.0 Å². The second kappa shape index (κ2) is 10.3. The van der Waals surface area contributed by atoms with Gasteiger partial charge < -0.3 is 25.8 Å². The molecule has 0 spiro atoms. The minimum absolute atomic E-state index is 0.234. The van der Waals surface area contributed by atoms with E-state index in [0.29, 0.717) is 33.1 Å². The van der Waals surface area contributed by atoms with Crippen LogP contribution in [0.15, 0.2) is 70.6 Å². The third kappa shape index (κ3) is 5.76. The van der Waals surface area contributed by atoms with Gasteiger partial charge in [0.15, 0.2) is 6.10 Å². The molecule has 1 atom stereocenters. The van der Waals surface area contributed by atoms with Crippen molar-refractivity contribution in [3.8, 4) is 0 Å². The summed E-state index contributed by atoms with van der Waals surface area (Å²) in [7, 11) is 0. The van der Waals surface area contributed by atoms with Gasteiger partial charge >= 0.3 is 11.7 Å². The molecule has 2 amide bonds. The smallest absolute Gasteiger partial charge is 0.341 e. The number of carbonyl (C=O) groups is 3. The Balaban J connectivity index is 1.39. The molecule has 0 aliphatic heterocycles. The molecule has 2 aromatic heterocycles. The summed E-state index contributed by atoms with van der Waals surface area (Å²) >= 11 is 1.32. The number of aromatic amines is 2. The van der Waals surface area contributed by atoms with E-state index >= 15 is 0 Å². The highest BCUT2D eigenvalue weighted by Crippen LogP contribution is 2.25. The highest BCUT2D eigenvalue weighted by atomic mass is 32.2. The predicted octanol–water partition coefficient (Wildman–Crippen LogP) is 2.83. The SMILES string of the molecule is CC(OC(=O)c1cccnc1SCc1ccc(C(N)=O)cc1)C(=O)Nc1ccc2[nH]c(=O)[nH]c2c1. The number of nitrogens with one attached hydrogen (secondary N) is 3. The van der Waals surface area contributed by atoms with Gasteiger partial charge in [0, 0.05) is 23.2 Å². The van der Waals surface area contributed by atoms with E-state index in [4.69, 9.17) is 10.5 Å². The molecular weight excluding hydrogens is 470 g/mol. The van der Waals surface area contributed by atoms with E-state index in [0.717, 1.165) is 5.56 Å². The number of benzene rings is 2. The van der Waals surface area contributed by atoms with Crippen LogP contribution in [0.5, 0.6) is 0 Å². The number of esters is 1. The maximum Gasteiger partial charge on any atom is 0.341 e. The molecule has 5 N–H and O–H groups in total. The number of primary amides is 1. The van der Waals surface area contributed by atoms with E-state index in [-0.39, 0.29) is 11.3 Å². The van der Waals surface area contributed by atoms with Crippen LogP contribution in [0.3, 0.4) is 0 Å². The van der Waals surface area contributed by atoms with Gasteiger partial charge in [-0.05, 0) is 55.0 Å². The van der Waals surface area contributed by atoms with Crippen molar-refractivity contribution in [3.63, 3.8) is 0 Å². The van der Waals surface area contributed by atoms with Gasteiger partial charge in [0.1, 0.15) is 5.03 Å². The molecule has 1 unspecified atom stereocenters. The lowest BCUT2D eigenvalue weighted by atomic mass is 10.1. The number of H-pyrrole nitrogens is 2. The Morgan fingerprint density at radius 2 is 1.83 bits per heavy atom. The third-order valence-corrected chi connectivity index (χ3v) is 6.12. The van der Waals surface area contributed by atoms with Gasteiger partial charge in [-0.3, -0.25) is 9.59 Å². The molecular formula is C24H21N5O5S. The number of nitrogens with zero attached hydrogens (tertiary/aromatic N) is 1. The highest BCUT2D eigenvalue weighted by Gasteiger charge is 2.22. The number of rotatable bonds is 8. The second-order valence-electron chi connectivity index (χ2n) is 7.58. The first-order chi connectivity index (χ1) is 16.8. The van der Waals surface area contributed by atoms with E-state index in [1.54, 1.807) is 60.8 Å². The molecule has 0 aliphatic rings. The molecule has 4 rings (SSSR count). The minimum Gasteiger partial charge on any atom is -0.449 e. The lowest BCUT2D eigenvalue weighted by molar-refractivity contribution is -0.123. The Morgan fingerprint density at radius 1 is 1.09 bits per heavy atom. The van der Waals surface area contributed by atoms with Crippen molar-refractivity contribution in [2.45, 2.75) is 23.8 Å².